The first-order valence-corrected chi connectivity index (χ1v) is 5.02. The zero-order chi connectivity index (χ0) is 10.8. The normalized spacial score (nSPS) is 12.7. The van der Waals surface area contributed by atoms with Crippen LogP contribution in [0.1, 0.15) is 28.3 Å². The molecule has 2 aromatic rings. The highest BCUT2D eigenvalue weighted by molar-refractivity contribution is 5.35. The average molecular weight is 201 g/mol. The molecule has 0 aliphatic heterocycles. The van der Waals surface area contributed by atoms with Gasteiger partial charge in [0.15, 0.2) is 0 Å². The molecule has 2 N–H and O–H groups in total. The molecule has 0 bridgehead atoms. The summed E-state index contributed by atoms with van der Waals surface area (Å²) in [5, 5.41) is 0. The Bertz CT molecular complexity index is 425. The SMILES string of the molecule is Cc1cc(C)cc(C(N)c2ccoc2)c1. The Kier molecular flexibility index (Phi) is 2.60. The second-order valence-electron chi connectivity index (χ2n) is 3.96. The maximum Gasteiger partial charge on any atom is 0.0953 e. The molecule has 1 aromatic carbocycles. The lowest BCUT2D eigenvalue weighted by molar-refractivity contribution is 0.562. The van der Waals surface area contributed by atoms with Crippen LogP contribution in [0.25, 0.3) is 0 Å². The zero-order valence-electron chi connectivity index (χ0n) is 9.03. The lowest BCUT2D eigenvalue weighted by atomic mass is 9.98. The van der Waals surface area contributed by atoms with Gasteiger partial charge in [-0.25, -0.2) is 0 Å². The molecule has 0 saturated heterocycles. The van der Waals surface area contributed by atoms with E-state index in [1.807, 2.05) is 6.07 Å². The number of rotatable bonds is 2. The highest BCUT2D eigenvalue weighted by Crippen LogP contribution is 2.21. The Morgan fingerprint density at radius 3 is 2.27 bits per heavy atom. The van der Waals surface area contributed by atoms with Crippen LogP contribution in [0.2, 0.25) is 0 Å². The van der Waals surface area contributed by atoms with Gasteiger partial charge in [-0.05, 0) is 25.5 Å². The van der Waals surface area contributed by atoms with Crippen LogP contribution in [-0.2, 0) is 0 Å². The fourth-order valence-corrected chi connectivity index (χ4v) is 1.83. The molecule has 0 amide bonds. The molecule has 0 aliphatic rings. The Hall–Kier alpha value is -1.54. The highest BCUT2D eigenvalue weighted by atomic mass is 16.3. The van der Waals surface area contributed by atoms with Crippen molar-refractivity contribution in [1.29, 1.82) is 0 Å². The molecule has 1 unspecified atom stereocenters. The van der Waals surface area contributed by atoms with Gasteiger partial charge in [-0.2, -0.15) is 0 Å². The van der Waals surface area contributed by atoms with Gasteiger partial charge in [0.25, 0.3) is 0 Å². The summed E-state index contributed by atoms with van der Waals surface area (Å²) in [5.74, 6) is 0. The van der Waals surface area contributed by atoms with E-state index < -0.39 is 0 Å². The first-order valence-electron chi connectivity index (χ1n) is 5.02. The van der Waals surface area contributed by atoms with E-state index in [1.165, 1.54) is 11.1 Å². The van der Waals surface area contributed by atoms with Gasteiger partial charge in [-0.3, -0.25) is 0 Å². The second-order valence-corrected chi connectivity index (χ2v) is 3.96. The van der Waals surface area contributed by atoms with E-state index in [9.17, 15) is 0 Å². The Balaban J connectivity index is 2.37. The van der Waals surface area contributed by atoms with Crippen molar-refractivity contribution in [3.63, 3.8) is 0 Å². The van der Waals surface area contributed by atoms with Crippen molar-refractivity contribution in [3.8, 4) is 0 Å². The smallest absolute Gasteiger partial charge is 0.0953 e. The number of aryl methyl sites for hydroxylation is 2. The minimum absolute atomic E-state index is 0.0950. The van der Waals surface area contributed by atoms with Crippen LogP contribution in [0, 0.1) is 13.8 Å². The molecule has 1 aromatic heterocycles. The molecule has 15 heavy (non-hydrogen) atoms. The largest absolute Gasteiger partial charge is 0.472 e. The molecule has 0 aliphatic carbocycles. The number of benzene rings is 1. The van der Waals surface area contributed by atoms with Gasteiger partial charge in [0.2, 0.25) is 0 Å². The Labute approximate surface area is 89.7 Å². The monoisotopic (exact) mass is 201 g/mol. The quantitative estimate of drug-likeness (QED) is 0.811. The molecule has 0 fully saturated rings. The van der Waals surface area contributed by atoms with Crippen LogP contribution < -0.4 is 5.73 Å². The third kappa shape index (κ3) is 2.10. The van der Waals surface area contributed by atoms with E-state index in [-0.39, 0.29) is 6.04 Å². The molecule has 2 heteroatoms. The first kappa shape index (κ1) is 9.99. The predicted molar refractivity (Wildman–Crippen MR) is 60.7 cm³/mol. The van der Waals surface area contributed by atoms with Gasteiger partial charge in [0.05, 0.1) is 18.6 Å². The van der Waals surface area contributed by atoms with Crippen molar-refractivity contribution in [2.75, 3.05) is 0 Å². The van der Waals surface area contributed by atoms with Gasteiger partial charge in [0.1, 0.15) is 0 Å². The first-order chi connectivity index (χ1) is 7.16. The van der Waals surface area contributed by atoms with Gasteiger partial charge in [-0.1, -0.05) is 29.3 Å². The lowest BCUT2D eigenvalue weighted by Crippen LogP contribution is -2.11. The van der Waals surface area contributed by atoms with Gasteiger partial charge >= 0.3 is 0 Å². The number of hydrogen-bond donors (Lipinski definition) is 1. The van der Waals surface area contributed by atoms with Crippen LogP contribution in [-0.4, -0.2) is 0 Å². The van der Waals surface area contributed by atoms with E-state index in [4.69, 9.17) is 10.2 Å². The molecule has 2 nitrogen and oxygen atoms in total. The summed E-state index contributed by atoms with van der Waals surface area (Å²) in [4.78, 5) is 0. The molecule has 0 saturated carbocycles. The molecular formula is C13H15NO. The minimum atomic E-state index is -0.0950. The average Bonchev–Trinajstić information content (AvgIpc) is 2.67. The number of furan rings is 1. The van der Waals surface area contributed by atoms with Crippen molar-refractivity contribution in [1.82, 2.24) is 0 Å². The molecule has 0 radical (unpaired) electrons. The van der Waals surface area contributed by atoms with Crippen LogP contribution >= 0.6 is 0 Å². The third-order valence-corrected chi connectivity index (χ3v) is 2.51. The van der Waals surface area contributed by atoms with Crippen LogP contribution in [0.15, 0.2) is 41.2 Å². The van der Waals surface area contributed by atoms with E-state index in [0.717, 1.165) is 11.1 Å². The standard InChI is InChI=1S/C13H15NO/c1-9-5-10(2)7-12(6-9)13(14)11-3-4-15-8-11/h3-8,13H,14H2,1-2H3. The number of hydrogen-bond acceptors (Lipinski definition) is 2. The molecule has 1 atom stereocenters. The molecule has 0 spiro atoms. The van der Waals surface area contributed by atoms with Gasteiger partial charge in [0, 0.05) is 5.56 Å². The maximum absolute atomic E-state index is 6.14. The highest BCUT2D eigenvalue weighted by Gasteiger charge is 2.10. The summed E-state index contributed by atoms with van der Waals surface area (Å²) in [6.07, 6.45) is 3.35. The van der Waals surface area contributed by atoms with Crippen molar-refractivity contribution in [2.24, 2.45) is 5.73 Å². The van der Waals surface area contributed by atoms with Crippen molar-refractivity contribution >= 4 is 0 Å². The van der Waals surface area contributed by atoms with Crippen LogP contribution in [0.5, 0.6) is 0 Å². The maximum atomic E-state index is 6.14. The fraction of sp³-hybridized carbons (Fsp3) is 0.231. The van der Waals surface area contributed by atoms with Gasteiger partial charge < -0.3 is 10.2 Å². The topological polar surface area (TPSA) is 39.2 Å². The van der Waals surface area contributed by atoms with E-state index in [0.29, 0.717) is 0 Å². The lowest BCUT2D eigenvalue weighted by Gasteiger charge is -2.11. The Morgan fingerprint density at radius 2 is 1.73 bits per heavy atom. The summed E-state index contributed by atoms with van der Waals surface area (Å²) in [6.45, 7) is 4.16. The van der Waals surface area contributed by atoms with E-state index in [1.54, 1.807) is 12.5 Å². The van der Waals surface area contributed by atoms with Crippen molar-refractivity contribution in [3.05, 3.63) is 59.0 Å². The van der Waals surface area contributed by atoms with Crippen LogP contribution in [0.4, 0.5) is 0 Å². The molecular weight excluding hydrogens is 186 g/mol. The zero-order valence-corrected chi connectivity index (χ0v) is 9.03. The molecule has 1 heterocycles. The van der Waals surface area contributed by atoms with Crippen molar-refractivity contribution < 1.29 is 4.42 Å². The Morgan fingerprint density at radius 1 is 1.07 bits per heavy atom. The van der Waals surface area contributed by atoms with E-state index in [2.05, 4.69) is 32.0 Å². The second kappa shape index (κ2) is 3.91. The summed E-state index contributed by atoms with van der Waals surface area (Å²) in [5.41, 5.74) is 10.8. The molecule has 78 valence electrons. The third-order valence-electron chi connectivity index (χ3n) is 2.51. The number of nitrogens with two attached hydrogens (primary N) is 1. The van der Waals surface area contributed by atoms with E-state index >= 15 is 0 Å². The molecule has 2 rings (SSSR count). The summed E-state index contributed by atoms with van der Waals surface area (Å²) < 4.78 is 5.04. The predicted octanol–water partition coefficient (Wildman–Crippen LogP) is 2.94. The fourth-order valence-electron chi connectivity index (χ4n) is 1.83. The van der Waals surface area contributed by atoms with Crippen LogP contribution in [0.3, 0.4) is 0 Å². The summed E-state index contributed by atoms with van der Waals surface area (Å²) in [7, 11) is 0. The van der Waals surface area contributed by atoms with Crippen molar-refractivity contribution in [2.45, 2.75) is 19.9 Å². The summed E-state index contributed by atoms with van der Waals surface area (Å²) in [6, 6.07) is 8.19. The van der Waals surface area contributed by atoms with Gasteiger partial charge in [-0.15, -0.1) is 0 Å². The minimum Gasteiger partial charge on any atom is -0.472 e. The summed E-state index contributed by atoms with van der Waals surface area (Å²) >= 11 is 0.